The van der Waals surface area contributed by atoms with Gasteiger partial charge in [0.1, 0.15) is 0 Å². The van der Waals surface area contributed by atoms with E-state index in [1.807, 2.05) is 6.92 Å². The van der Waals surface area contributed by atoms with Crippen LogP contribution < -0.4 is 5.32 Å². The number of hydrogen-bond acceptors (Lipinski definition) is 4. The molecule has 6 heteroatoms. The molecule has 2 aliphatic heterocycles. The first-order valence-corrected chi connectivity index (χ1v) is 9.57. The van der Waals surface area contributed by atoms with Crippen LogP contribution in [-0.2, 0) is 14.6 Å². The highest BCUT2D eigenvalue weighted by Crippen LogP contribution is 2.20. The van der Waals surface area contributed by atoms with E-state index in [2.05, 4.69) is 5.32 Å². The molecule has 2 saturated heterocycles. The van der Waals surface area contributed by atoms with Gasteiger partial charge < -0.3 is 10.2 Å². The van der Waals surface area contributed by atoms with Crippen LogP contribution in [0, 0.1) is 0 Å². The van der Waals surface area contributed by atoms with Crippen LogP contribution in [0.25, 0.3) is 0 Å². The molecule has 0 saturated carbocycles. The van der Waals surface area contributed by atoms with Crippen molar-refractivity contribution in [3.63, 3.8) is 0 Å². The highest BCUT2D eigenvalue weighted by atomic mass is 32.2. The van der Waals surface area contributed by atoms with Gasteiger partial charge in [0.2, 0.25) is 5.91 Å². The molecule has 2 heterocycles. The van der Waals surface area contributed by atoms with Crippen LogP contribution in [0.3, 0.4) is 0 Å². The molecule has 2 fully saturated rings. The van der Waals surface area contributed by atoms with Crippen LogP contribution in [0.5, 0.6) is 0 Å². The van der Waals surface area contributed by atoms with Crippen molar-refractivity contribution in [1.82, 2.24) is 10.2 Å². The number of sulfone groups is 1. The topological polar surface area (TPSA) is 66.5 Å². The lowest BCUT2D eigenvalue weighted by Crippen LogP contribution is -2.42. The second-order valence-corrected chi connectivity index (χ2v) is 8.15. The number of carbonyl (C=O) groups is 1. The number of rotatable bonds is 5. The Hall–Kier alpha value is -0.620. The molecule has 20 heavy (non-hydrogen) atoms. The van der Waals surface area contributed by atoms with Crippen LogP contribution in [0.4, 0.5) is 0 Å². The van der Waals surface area contributed by atoms with Crippen molar-refractivity contribution in [3.8, 4) is 0 Å². The van der Waals surface area contributed by atoms with Crippen LogP contribution in [-0.4, -0.2) is 55.9 Å². The Kier molecular flexibility index (Phi) is 5.43. The molecule has 0 aromatic heterocycles. The number of hydrogen-bond donors (Lipinski definition) is 1. The van der Waals surface area contributed by atoms with Crippen molar-refractivity contribution in [2.75, 3.05) is 24.6 Å². The van der Waals surface area contributed by atoms with Crippen molar-refractivity contribution in [3.05, 3.63) is 0 Å². The third kappa shape index (κ3) is 4.19. The zero-order chi connectivity index (χ0) is 14.6. The number of nitrogens with one attached hydrogen (secondary N) is 1. The maximum Gasteiger partial charge on any atom is 0.222 e. The van der Waals surface area contributed by atoms with Gasteiger partial charge in [-0.3, -0.25) is 4.79 Å². The highest BCUT2D eigenvalue weighted by Gasteiger charge is 2.33. The quantitative estimate of drug-likeness (QED) is 0.821. The fraction of sp³-hybridized carbons (Fsp3) is 0.929. The minimum atomic E-state index is -2.93. The fourth-order valence-corrected chi connectivity index (χ4v) is 5.00. The fourth-order valence-electron chi connectivity index (χ4n) is 3.27. The first-order valence-electron chi connectivity index (χ1n) is 7.75. The van der Waals surface area contributed by atoms with Gasteiger partial charge in [-0.05, 0) is 39.2 Å². The summed E-state index contributed by atoms with van der Waals surface area (Å²) in [5.74, 6) is 0.488. The first kappa shape index (κ1) is 15.8. The monoisotopic (exact) mass is 302 g/mol. The Balaban J connectivity index is 1.82. The second kappa shape index (κ2) is 6.89. The predicted molar refractivity (Wildman–Crippen MR) is 79.3 cm³/mol. The van der Waals surface area contributed by atoms with Gasteiger partial charge in [-0.2, -0.15) is 0 Å². The first-order chi connectivity index (χ1) is 9.52. The minimum absolute atomic E-state index is 0.100. The summed E-state index contributed by atoms with van der Waals surface area (Å²) in [7, 11) is -2.93. The Morgan fingerprint density at radius 3 is 2.65 bits per heavy atom. The van der Waals surface area contributed by atoms with E-state index in [1.54, 1.807) is 4.90 Å². The zero-order valence-corrected chi connectivity index (χ0v) is 13.1. The molecule has 0 aliphatic carbocycles. The average molecular weight is 302 g/mol. The van der Waals surface area contributed by atoms with E-state index in [-0.39, 0.29) is 23.5 Å². The molecule has 2 unspecified atom stereocenters. The van der Waals surface area contributed by atoms with Crippen molar-refractivity contribution >= 4 is 15.7 Å². The Morgan fingerprint density at radius 1 is 1.30 bits per heavy atom. The van der Waals surface area contributed by atoms with E-state index in [9.17, 15) is 13.2 Å². The predicted octanol–water partition coefficient (Wildman–Crippen LogP) is 0.944. The van der Waals surface area contributed by atoms with Crippen LogP contribution in [0.15, 0.2) is 0 Å². The van der Waals surface area contributed by atoms with E-state index >= 15 is 0 Å². The lowest BCUT2D eigenvalue weighted by molar-refractivity contribution is -0.133. The summed E-state index contributed by atoms with van der Waals surface area (Å²) in [6.07, 6.45) is 5.62. The van der Waals surface area contributed by atoms with E-state index in [4.69, 9.17) is 0 Å². The minimum Gasteiger partial charge on any atom is -0.339 e. The lowest BCUT2D eigenvalue weighted by Gasteiger charge is -2.28. The van der Waals surface area contributed by atoms with Gasteiger partial charge in [-0.25, -0.2) is 8.42 Å². The Morgan fingerprint density at radius 2 is 2.10 bits per heavy atom. The van der Waals surface area contributed by atoms with Crippen molar-refractivity contribution in [2.24, 2.45) is 0 Å². The molecule has 2 rings (SSSR count). The molecular formula is C14H26N2O3S. The summed E-state index contributed by atoms with van der Waals surface area (Å²) in [6.45, 7) is 3.59. The number of nitrogens with zero attached hydrogens (tertiary/aromatic N) is 1. The van der Waals surface area contributed by atoms with E-state index in [0.717, 1.165) is 19.4 Å². The van der Waals surface area contributed by atoms with E-state index in [1.165, 1.54) is 12.8 Å². The molecule has 2 atom stereocenters. The molecule has 116 valence electrons. The molecule has 0 radical (unpaired) electrons. The molecule has 1 amide bonds. The van der Waals surface area contributed by atoms with Crippen molar-refractivity contribution in [2.45, 2.75) is 57.5 Å². The highest BCUT2D eigenvalue weighted by molar-refractivity contribution is 7.91. The van der Waals surface area contributed by atoms with Gasteiger partial charge in [0.05, 0.1) is 11.5 Å². The van der Waals surface area contributed by atoms with Gasteiger partial charge in [-0.1, -0.05) is 6.42 Å². The lowest BCUT2D eigenvalue weighted by atomic mass is 10.00. The van der Waals surface area contributed by atoms with Gasteiger partial charge in [-0.15, -0.1) is 0 Å². The molecular weight excluding hydrogens is 276 g/mol. The van der Waals surface area contributed by atoms with Gasteiger partial charge in [0, 0.05) is 25.0 Å². The Bertz CT molecular complexity index is 430. The summed E-state index contributed by atoms with van der Waals surface area (Å²) < 4.78 is 23.1. The van der Waals surface area contributed by atoms with Gasteiger partial charge in [0.25, 0.3) is 0 Å². The molecule has 0 spiro atoms. The Labute approximate surface area is 122 Å². The molecule has 0 aromatic carbocycles. The van der Waals surface area contributed by atoms with Crippen LogP contribution in [0.1, 0.15) is 45.4 Å². The van der Waals surface area contributed by atoms with Crippen LogP contribution in [0.2, 0.25) is 0 Å². The number of piperidine rings is 1. The third-order valence-electron chi connectivity index (χ3n) is 4.43. The summed E-state index contributed by atoms with van der Waals surface area (Å²) in [6, 6.07) is 0.357. The maximum atomic E-state index is 12.3. The van der Waals surface area contributed by atoms with E-state index < -0.39 is 9.84 Å². The smallest absolute Gasteiger partial charge is 0.222 e. The van der Waals surface area contributed by atoms with Gasteiger partial charge >= 0.3 is 0 Å². The zero-order valence-electron chi connectivity index (χ0n) is 12.3. The van der Waals surface area contributed by atoms with Gasteiger partial charge in [0.15, 0.2) is 9.84 Å². The second-order valence-electron chi connectivity index (χ2n) is 5.92. The SMILES string of the molecule is CCN(C(=O)CCC1CCCCN1)C1CCS(=O)(=O)C1. The molecule has 0 aromatic rings. The molecule has 1 N–H and O–H groups in total. The van der Waals surface area contributed by atoms with Crippen LogP contribution >= 0.6 is 0 Å². The average Bonchev–Trinajstić information content (AvgIpc) is 2.78. The molecule has 2 aliphatic rings. The molecule has 5 nitrogen and oxygen atoms in total. The summed E-state index contributed by atoms with van der Waals surface area (Å²) in [5.41, 5.74) is 0. The summed E-state index contributed by atoms with van der Waals surface area (Å²) in [5, 5.41) is 3.45. The summed E-state index contributed by atoms with van der Waals surface area (Å²) >= 11 is 0. The maximum absolute atomic E-state index is 12.3. The normalized spacial score (nSPS) is 29.2. The van der Waals surface area contributed by atoms with E-state index in [0.29, 0.717) is 25.4 Å². The standard InChI is InChI=1S/C14H26N2O3S/c1-2-16(13-8-10-20(18,19)11-13)14(17)7-6-12-5-3-4-9-15-12/h12-13,15H,2-11H2,1H3. The third-order valence-corrected chi connectivity index (χ3v) is 6.18. The summed E-state index contributed by atoms with van der Waals surface area (Å²) in [4.78, 5) is 14.1. The molecule has 0 bridgehead atoms. The largest absolute Gasteiger partial charge is 0.339 e. The number of carbonyl (C=O) groups excluding carboxylic acids is 1. The number of amides is 1. The van der Waals surface area contributed by atoms with Crippen molar-refractivity contribution < 1.29 is 13.2 Å². The van der Waals surface area contributed by atoms with Crippen molar-refractivity contribution in [1.29, 1.82) is 0 Å².